The highest BCUT2D eigenvalue weighted by molar-refractivity contribution is 7.18. The van der Waals surface area contributed by atoms with E-state index in [0.29, 0.717) is 12.3 Å². The molecule has 0 radical (unpaired) electrons. The minimum absolute atomic E-state index is 0.0748. The predicted octanol–water partition coefficient (Wildman–Crippen LogP) is 5.97. The van der Waals surface area contributed by atoms with Gasteiger partial charge in [-0.25, -0.2) is 4.39 Å². The summed E-state index contributed by atoms with van der Waals surface area (Å²) in [5.41, 5.74) is 6.50. The van der Waals surface area contributed by atoms with Crippen LogP contribution in [0.3, 0.4) is 0 Å². The van der Waals surface area contributed by atoms with Gasteiger partial charge in [0, 0.05) is 24.1 Å². The molecule has 0 spiro atoms. The van der Waals surface area contributed by atoms with Gasteiger partial charge in [-0.15, -0.1) is 11.3 Å². The molecule has 2 N–H and O–H groups in total. The number of carbonyl (C=O) groups is 1. The molecular formula is C27H29FN2O2S. The number of hydrogen-bond acceptors (Lipinski definition) is 4. The molecule has 1 amide bonds. The summed E-state index contributed by atoms with van der Waals surface area (Å²) in [6.45, 7) is 2.10. The molecule has 2 aliphatic carbocycles. The number of allylic oxidation sites excluding steroid dienone is 1. The van der Waals surface area contributed by atoms with E-state index in [9.17, 15) is 14.3 Å². The van der Waals surface area contributed by atoms with E-state index < -0.39 is 6.10 Å². The number of halogens is 1. The number of amides is 1. The van der Waals surface area contributed by atoms with E-state index in [0.717, 1.165) is 58.3 Å². The smallest absolute Gasteiger partial charge is 0.222 e. The topological polar surface area (TPSA) is 62.2 Å². The number of fused-ring (bicyclic) bond motifs is 1. The number of nitrogens with one attached hydrogen (secondary N) is 1. The number of thiophene rings is 1. The number of aromatic nitrogens is 1. The lowest BCUT2D eigenvalue weighted by atomic mass is 9.91. The van der Waals surface area contributed by atoms with Crippen LogP contribution in [0.1, 0.15) is 61.3 Å². The predicted molar refractivity (Wildman–Crippen MR) is 132 cm³/mol. The fraction of sp³-hybridized carbons (Fsp3) is 0.407. The van der Waals surface area contributed by atoms with Crippen molar-refractivity contribution < 1.29 is 14.3 Å². The van der Waals surface area contributed by atoms with Crippen LogP contribution < -0.4 is 5.32 Å². The Bertz CT molecular complexity index is 1220. The van der Waals surface area contributed by atoms with Crippen molar-refractivity contribution in [1.29, 1.82) is 0 Å². The molecule has 5 rings (SSSR count). The van der Waals surface area contributed by atoms with Crippen LogP contribution in [0.4, 0.5) is 4.39 Å². The molecule has 33 heavy (non-hydrogen) atoms. The van der Waals surface area contributed by atoms with Gasteiger partial charge in [0.15, 0.2) is 0 Å². The lowest BCUT2D eigenvalue weighted by Crippen LogP contribution is -2.25. The van der Waals surface area contributed by atoms with E-state index in [1.807, 2.05) is 12.1 Å². The Morgan fingerprint density at radius 2 is 2.06 bits per heavy atom. The molecule has 6 heteroatoms. The Balaban J connectivity index is 1.57. The van der Waals surface area contributed by atoms with Crippen LogP contribution in [0.5, 0.6) is 0 Å². The molecule has 3 aromatic rings. The number of aliphatic hydroxyl groups is 1. The van der Waals surface area contributed by atoms with Crippen molar-refractivity contribution >= 4 is 33.5 Å². The largest absolute Gasteiger partial charge is 0.393 e. The number of pyridine rings is 1. The maximum atomic E-state index is 13.7. The zero-order valence-electron chi connectivity index (χ0n) is 19.0. The van der Waals surface area contributed by atoms with Crippen LogP contribution in [0.2, 0.25) is 0 Å². The van der Waals surface area contributed by atoms with Gasteiger partial charge in [0.05, 0.1) is 28.4 Å². The summed E-state index contributed by atoms with van der Waals surface area (Å²) in [6, 6.07) is 6.74. The Labute approximate surface area is 197 Å². The van der Waals surface area contributed by atoms with Crippen LogP contribution in [-0.4, -0.2) is 29.1 Å². The van der Waals surface area contributed by atoms with Gasteiger partial charge in [0.1, 0.15) is 5.82 Å². The lowest BCUT2D eigenvalue weighted by molar-refractivity contribution is -0.122. The third kappa shape index (κ3) is 4.59. The molecule has 1 atom stereocenters. The van der Waals surface area contributed by atoms with Crippen molar-refractivity contribution in [2.24, 2.45) is 5.41 Å². The van der Waals surface area contributed by atoms with Gasteiger partial charge < -0.3 is 10.4 Å². The van der Waals surface area contributed by atoms with Crippen LogP contribution >= 0.6 is 11.3 Å². The van der Waals surface area contributed by atoms with E-state index in [1.54, 1.807) is 18.4 Å². The number of aliphatic hydroxyl groups excluding tert-OH is 1. The van der Waals surface area contributed by atoms with Gasteiger partial charge in [0.25, 0.3) is 0 Å². The third-order valence-corrected chi connectivity index (χ3v) is 7.99. The van der Waals surface area contributed by atoms with Crippen molar-refractivity contribution in [1.82, 2.24) is 10.3 Å². The van der Waals surface area contributed by atoms with E-state index in [2.05, 4.69) is 29.8 Å². The van der Waals surface area contributed by atoms with E-state index >= 15 is 0 Å². The Morgan fingerprint density at radius 3 is 2.70 bits per heavy atom. The molecular weight excluding hydrogens is 435 g/mol. The Kier molecular flexibility index (Phi) is 5.83. The van der Waals surface area contributed by atoms with E-state index in [1.165, 1.54) is 17.7 Å². The number of carbonyl (C=O) groups excluding carboxylic acids is 1. The second-order valence-electron chi connectivity index (χ2n) is 9.59. The molecule has 1 aromatic carbocycles. The second-order valence-corrected chi connectivity index (χ2v) is 10.5. The zero-order valence-corrected chi connectivity index (χ0v) is 19.8. The number of rotatable bonds is 8. The highest BCUT2D eigenvalue weighted by Gasteiger charge is 2.42. The van der Waals surface area contributed by atoms with Gasteiger partial charge in [-0.3, -0.25) is 9.78 Å². The first kappa shape index (κ1) is 22.2. The fourth-order valence-electron chi connectivity index (χ4n) is 4.64. The zero-order chi connectivity index (χ0) is 23.2. The van der Waals surface area contributed by atoms with Crippen LogP contribution in [0.25, 0.3) is 27.4 Å². The molecule has 2 heterocycles. The Hall–Kier alpha value is -2.57. The maximum absolute atomic E-state index is 13.7. The lowest BCUT2D eigenvalue weighted by Gasteiger charge is -2.17. The molecule has 0 unspecified atom stereocenters. The molecule has 2 aliphatic rings. The van der Waals surface area contributed by atoms with Crippen LogP contribution in [0, 0.1) is 18.2 Å². The van der Waals surface area contributed by atoms with E-state index in [-0.39, 0.29) is 23.6 Å². The summed E-state index contributed by atoms with van der Waals surface area (Å²) in [7, 11) is 1.59. The Morgan fingerprint density at radius 1 is 1.33 bits per heavy atom. The highest BCUT2D eigenvalue weighted by atomic mass is 32.1. The third-order valence-electron chi connectivity index (χ3n) is 6.88. The first-order valence-electron chi connectivity index (χ1n) is 11.6. The summed E-state index contributed by atoms with van der Waals surface area (Å²) in [4.78, 5) is 16.8. The molecule has 0 bridgehead atoms. The average molecular weight is 465 g/mol. The van der Waals surface area contributed by atoms with Gasteiger partial charge in [-0.2, -0.15) is 0 Å². The summed E-state index contributed by atoms with van der Waals surface area (Å²) in [5.74, 6) is 0.0779. The standard InChI is InChI=1S/C27H29FN2O2S/c1-16-15-33-26-23(17-5-7-19(28)8-6-17)21(25(18-3-4-18)30-24(16)26)9-10-27(11-12-27)14-20(31)13-22(32)29-2/h5-10,15,18,20,31H,3-4,11-14H2,1-2H3,(H,29,32)/b10-9+/t20-/m0/s1. The number of aryl methyl sites for hydroxylation is 1. The summed E-state index contributed by atoms with van der Waals surface area (Å²) in [5, 5.41) is 15.2. The number of hydrogen-bond donors (Lipinski definition) is 2. The molecule has 0 saturated heterocycles. The molecule has 2 saturated carbocycles. The molecule has 4 nitrogen and oxygen atoms in total. The van der Waals surface area contributed by atoms with Gasteiger partial charge >= 0.3 is 0 Å². The summed E-state index contributed by atoms with van der Waals surface area (Å²) in [6.07, 6.45) is 8.76. The van der Waals surface area contributed by atoms with Crippen LogP contribution in [-0.2, 0) is 4.79 Å². The van der Waals surface area contributed by atoms with Gasteiger partial charge in [-0.05, 0) is 73.1 Å². The minimum atomic E-state index is -0.655. The van der Waals surface area contributed by atoms with Gasteiger partial charge in [-0.1, -0.05) is 24.3 Å². The summed E-state index contributed by atoms with van der Waals surface area (Å²) < 4.78 is 14.8. The molecule has 0 aliphatic heterocycles. The van der Waals surface area contributed by atoms with Crippen molar-refractivity contribution in [2.45, 2.75) is 57.5 Å². The number of nitrogens with zero attached hydrogens (tertiary/aromatic N) is 1. The maximum Gasteiger partial charge on any atom is 0.222 e. The van der Waals surface area contributed by atoms with Crippen molar-refractivity contribution in [3.05, 3.63) is 58.4 Å². The highest BCUT2D eigenvalue weighted by Crippen LogP contribution is 2.53. The first-order chi connectivity index (χ1) is 15.9. The van der Waals surface area contributed by atoms with Gasteiger partial charge in [0.2, 0.25) is 5.91 Å². The second kappa shape index (κ2) is 8.65. The minimum Gasteiger partial charge on any atom is -0.393 e. The quantitative estimate of drug-likeness (QED) is 0.432. The number of benzene rings is 1. The average Bonchev–Trinajstić information content (AvgIpc) is 3.73. The normalized spacial score (nSPS) is 18.1. The molecule has 172 valence electrons. The SMILES string of the molecule is CNC(=O)C[C@H](O)CC1(/C=C/c2c(C3CC3)nc3c(C)csc3c2-c2ccc(F)cc2)CC1. The van der Waals surface area contributed by atoms with Crippen molar-refractivity contribution in [3.8, 4) is 11.1 Å². The summed E-state index contributed by atoms with van der Waals surface area (Å²) >= 11 is 1.69. The van der Waals surface area contributed by atoms with E-state index in [4.69, 9.17) is 4.98 Å². The first-order valence-corrected chi connectivity index (χ1v) is 12.5. The molecule has 2 aromatic heterocycles. The molecule has 2 fully saturated rings. The van der Waals surface area contributed by atoms with Crippen molar-refractivity contribution in [2.75, 3.05) is 7.05 Å². The van der Waals surface area contributed by atoms with Crippen molar-refractivity contribution in [3.63, 3.8) is 0 Å². The van der Waals surface area contributed by atoms with Crippen LogP contribution in [0.15, 0.2) is 35.7 Å². The monoisotopic (exact) mass is 464 g/mol. The fourth-order valence-corrected chi connectivity index (χ4v) is 5.71.